The Hall–Kier alpha value is 0.130. The number of nitrogens with one attached hydrogen (secondary N) is 1. The van der Waals surface area contributed by atoms with Crippen molar-refractivity contribution in [1.29, 1.82) is 0 Å². The zero-order chi connectivity index (χ0) is 13.5. The zero-order valence-electron chi connectivity index (χ0n) is 12.6. The zero-order valence-corrected chi connectivity index (χ0v) is 15.8. The Morgan fingerprint density at radius 3 is 2.52 bits per heavy atom. The predicted octanol–water partition coefficient (Wildman–Crippen LogP) is 4.21. The van der Waals surface area contributed by atoms with Crippen molar-refractivity contribution in [1.82, 2.24) is 15.2 Å². The number of hydrogen-bond donors (Lipinski definition) is 1. The molecule has 2 rings (SSSR count). The van der Waals surface area contributed by atoms with Gasteiger partial charge in [0.15, 0.2) is 0 Å². The van der Waals surface area contributed by atoms with Gasteiger partial charge in [-0.05, 0) is 34.5 Å². The summed E-state index contributed by atoms with van der Waals surface area (Å²) < 4.78 is 1.06. The topological polar surface area (TPSA) is 28.2 Å². The first-order valence-corrected chi connectivity index (χ1v) is 8.16. The Morgan fingerprint density at radius 1 is 1.24 bits per heavy atom. The number of aromatic nitrogens is 1. The quantitative estimate of drug-likeness (QED) is 0.727. The molecule has 1 aliphatic rings. The van der Waals surface area contributed by atoms with Crippen molar-refractivity contribution in [3.05, 3.63) is 28.5 Å². The molecular weight excluding hydrogens is 373 g/mol. The molecule has 21 heavy (non-hydrogen) atoms. The molecule has 1 atom stereocenters. The van der Waals surface area contributed by atoms with Crippen molar-refractivity contribution < 1.29 is 0 Å². The van der Waals surface area contributed by atoms with Gasteiger partial charge in [0.1, 0.15) is 0 Å². The number of halogens is 3. The van der Waals surface area contributed by atoms with Crippen LogP contribution in [0.2, 0.25) is 0 Å². The molecule has 0 saturated carbocycles. The summed E-state index contributed by atoms with van der Waals surface area (Å²) >= 11 is 3.47. The van der Waals surface area contributed by atoms with Crippen molar-refractivity contribution >= 4 is 40.7 Å². The number of unbranched alkanes of at least 4 members (excludes halogenated alkanes) is 2. The third kappa shape index (κ3) is 6.83. The SMILES string of the molecule is CCCCC[C@H](c1ccc(Br)cn1)N1CCNCC1.Cl.Cl. The highest BCUT2D eigenvalue weighted by Gasteiger charge is 2.22. The molecule has 1 fully saturated rings. The number of nitrogens with zero attached hydrogens (tertiary/aromatic N) is 2. The number of rotatable bonds is 6. The average Bonchev–Trinajstić information content (AvgIpc) is 2.46. The molecule has 1 N–H and O–H groups in total. The molecule has 0 unspecified atom stereocenters. The molecule has 2 heterocycles. The molecule has 0 aliphatic carbocycles. The van der Waals surface area contributed by atoms with Gasteiger partial charge in [0.2, 0.25) is 0 Å². The highest BCUT2D eigenvalue weighted by molar-refractivity contribution is 9.10. The molecule has 0 spiro atoms. The molecule has 1 saturated heterocycles. The smallest absolute Gasteiger partial charge is 0.0576 e. The van der Waals surface area contributed by atoms with Crippen LogP contribution in [0, 0.1) is 0 Å². The molecule has 0 bridgehead atoms. The van der Waals surface area contributed by atoms with E-state index in [9.17, 15) is 0 Å². The highest BCUT2D eigenvalue weighted by atomic mass is 79.9. The van der Waals surface area contributed by atoms with E-state index in [1.807, 2.05) is 6.20 Å². The van der Waals surface area contributed by atoms with Crippen LogP contribution in [-0.2, 0) is 0 Å². The lowest BCUT2D eigenvalue weighted by Crippen LogP contribution is -2.45. The van der Waals surface area contributed by atoms with Gasteiger partial charge in [-0.15, -0.1) is 24.8 Å². The van der Waals surface area contributed by atoms with Crippen molar-refractivity contribution in [2.24, 2.45) is 0 Å². The summed E-state index contributed by atoms with van der Waals surface area (Å²) in [6.45, 7) is 6.72. The molecule has 0 aromatic carbocycles. The molecule has 0 radical (unpaired) electrons. The first-order valence-electron chi connectivity index (χ1n) is 7.37. The Kier molecular flexibility index (Phi) is 11.7. The minimum atomic E-state index is 0. The van der Waals surface area contributed by atoms with Crippen LogP contribution < -0.4 is 5.32 Å². The maximum atomic E-state index is 4.62. The fraction of sp³-hybridized carbons (Fsp3) is 0.667. The van der Waals surface area contributed by atoms with Crippen molar-refractivity contribution in [3.8, 4) is 0 Å². The molecule has 122 valence electrons. The van der Waals surface area contributed by atoms with Gasteiger partial charge in [0, 0.05) is 36.8 Å². The van der Waals surface area contributed by atoms with Crippen LogP contribution in [0.4, 0.5) is 0 Å². The Labute approximate surface area is 149 Å². The van der Waals surface area contributed by atoms with Crippen LogP contribution >= 0.6 is 40.7 Å². The van der Waals surface area contributed by atoms with Gasteiger partial charge in [0.05, 0.1) is 11.7 Å². The van der Waals surface area contributed by atoms with E-state index in [1.54, 1.807) is 0 Å². The predicted molar refractivity (Wildman–Crippen MR) is 97.8 cm³/mol. The minimum absolute atomic E-state index is 0. The second-order valence-corrected chi connectivity index (χ2v) is 6.11. The number of piperazine rings is 1. The van der Waals surface area contributed by atoms with Gasteiger partial charge in [-0.2, -0.15) is 0 Å². The van der Waals surface area contributed by atoms with E-state index < -0.39 is 0 Å². The van der Waals surface area contributed by atoms with Crippen LogP contribution in [0.15, 0.2) is 22.8 Å². The Morgan fingerprint density at radius 2 is 1.95 bits per heavy atom. The van der Waals surface area contributed by atoms with E-state index in [2.05, 4.69) is 50.2 Å². The summed E-state index contributed by atoms with van der Waals surface area (Å²) in [5.41, 5.74) is 1.22. The second kappa shape index (κ2) is 11.7. The van der Waals surface area contributed by atoms with Gasteiger partial charge in [-0.1, -0.05) is 26.2 Å². The van der Waals surface area contributed by atoms with E-state index >= 15 is 0 Å². The number of pyridine rings is 1. The molecule has 1 aromatic rings. The normalized spacial score (nSPS) is 16.7. The third-order valence-electron chi connectivity index (χ3n) is 3.77. The molecule has 1 aliphatic heterocycles. The van der Waals surface area contributed by atoms with Crippen molar-refractivity contribution in [3.63, 3.8) is 0 Å². The van der Waals surface area contributed by atoms with Gasteiger partial charge in [0.25, 0.3) is 0 Å². The summed E-state index contributed by atoms with van der Waals surface area (Å²) in [5, 5.41) is 3.43. The van der Waals surface area contributed by atoms with E-state index in [4.69, 9.17) is 0 Å². The summed E-state index contributed by atoms with van der Waals surface area (Å²) in [4.78, 5) is 7.21. The van der Waals surface area contributed by atoms with E-state index in [1.165, 1.54) is 31.4 Å². The lowest BCUT2D eigenvalue weighted by molar-refractivity contribution is 0.159. The lowest BCUT2D eigenvalue weighted by Gasteiger charge is -2.34. The van der Waals surface area contributed by atoms with Crippen LogP contribution in [0.1, 0.15) is 44.3 Å². The molecular formula is C15H26BrCl2N3. The van der Waals surface area contributed by atoms with E-state index in [0.29, 0.717) is 6.04 Å². The highest BCUT2D eigenvalue weighted by Crippen LogP contribution is 2.26. The first kappa shape index (κ1) is 21.1. The summed E-state index contributed by atoms with van der Waals surface area (Å²) in [6.07, 6.45) is 7.04. The summed E-state index contributed by atoms with van der Waals surface area (Å²) in [5.74, 6) is 0. The summed E-state index contributed by atoms with van der Waals surface area (Å²) in [6, 6.07) is 4.77. The van der Waals surface area contributed by atoms with Gasteiger partial charge >= 0.3 is 0 Å². The Bertz CT molecular complexity index is 370. The average molecular weight is 399 g/mol. The van der Waals surface area contributed by atoms with Gasteiger partial charge in [-0.25, -0.2) is 0 Å². The van der Waals surface area contributed by atoms with Crippen LogP contribution in [0.5, 0.6) is 0 Å². The fourth-order valence-corrected chi connectivity index (χ4v) is 2.92. The monoisotopic (exact) mass is 397 g/mol. The molecule has 3 nitrogen and oxygen atoms in total. The molecule has 1 aromatic heterocycles. The van der Waals surface area contributed by atoms with Crippen LogP contribution in [0.3, 0.4) is 0 Å². The van der Waals surface area contributed by atoms with Crippen LogP contribution in [-0.4, -0.2) is 36.1 Å². The fourth-order valence-electron chi connectivity index (χ4n) is 2.68. The van der Waals surface area contributed by atoms with Crippen molar-refractivity contribution in [2.45, 2.75) is 38.6 Å². The third-order valence-corrected chi connectivity index (χ3v) is 4.23. The lowest BCUT2D eigenvalue weighted by atomic mass is 10.0. The van der Waals surface area contributed by atoms with Gasteiger partial charge in [-0.3, -0.25) is 9.88 Å². The maximum Gasteiger partial charge on any atom is 0.0576 e. The standard InChI is InChI=1S/C15H24BrN3.2ClH/c1-2-3-4-5-15(19-10-8-17-9-11-19)14-7-6-13(16)12-18-14;;/h6-7,12,15,17H,2-5,8-11H2,1H3;2*1H/t15-;;/m1../s1. The van der Waals surface area contributed by atoms with Gasteiger partial charge < -0.3 is 5.32 Å². The number of hydrogen-bond acceptors (Lipinski definition) is 3. The Balaban J connectivity index is 0.00000200. The van der Waals surface area contributed by atoms with E-state index in [-0.39, 0.29) is 24.8 Å². The van der Waals surface area contributed by atoms with E-state index in [0.717, 1.165) is 30.7 Å². The maximum absolute atomic E-state index is 4.62. The summed E-state index contributed by atoms with van der Waals surface area (Å²) in [7, 11) is 0. The van der Waals surface area contributed by atoms with Crippen molar-refractivity contribution in [2.75, 3.05) is 26.2 Å². The molecule has 6 heteroatoms. The first-order chi connectivity index (χ1) is 9.31. The largest absolute Gasteiger partial charge is 0.314 e. The van der Waals surface area contributed by atoms with Crippen LogP contribution in [0.25, 0.3) is 0 Å². The molecule has 0 amide bonds. The second-order valence-electron chi connectivity index (χ2n) is 5.20. The minimum Gasteiger partial charge on any atom is -0.314 e.